The fraction of sp³-hybridized carbons (Fsp3) is 0.292. The predicted molar refractivity (Wildman–Crippen MR) is 126 cm³/mol. The van der Waals surface area contributed by atoms with Gasteiger partial charge in [0.2, 0.25) is 11.8 Å². The summed E-state index contributed by atoms with van der Waals surface area (Å²) in [4.78, 5) is 30.7. The number of aromatic nitrogens is 1. The Morgan fingerprint density at radius 1 is 1.12 bits per heavy atom. The number of nitrogens with zero attached hydrogens (tertiary/aromatic N) is 2. The van der Waals surface area contributed by atoms with Crippen molar-refractivity contribution in [1.82, 2.24) is 4.98 Å². The third-order valence-corrected chi connectivity index (χ3v) is 6.25. The Hall–Kier alpha value is -3.39. The maximum atomic E-state index is 12.4. The van der Waals surface area contributed by atoms with Gasteiger partial charge in [0.05, 0.1) is 19.9 Å². The largest absolute Gasteiger partial charge is 0.493 e. The van der Waals surface area contributed by atoms with E-state index >= 15 is 0 Å². The molecule has 2 aromatic carbocycles. The first-order valence-corrected chi connectivity index (χ1v) is 11.2. The molecule has 8 heteroatoms. The van der Waals surface area contributed by atoms with E-state index in [0.717, 1.165) is 28.9 Å². The van der Waals surface area contributed by atoms with Crippen molar-refractivity contribution in [2.75, 3.05) is 31.0 Å². The van der Waals surface area contributed by atoms with Crippen molar-refractivity contribution in [3.05, 3.63) is 52.9 Å². The number of hydrogen-bond donors (Lipinski definition) is 1. The molecular weight excluding hydrogens is 426 g/mol. The van der Waals surface area contributed by atoms with Crippen molar-refractivity contribution in [2.45, 2.75) is 26.2 Å². The first kappa shape index (κ1) is 21.8. The number of amides is 2. The summed E-state index contributed by atoms with van der Waals surface area (Å²) in [5.74, 6) is 1.25. The van der Waals surface area contributed by atoms with Gasteiger partial charge < -0.3 is 19.7 Å². The molecule has 1 N–H and O–H groups in total. The first-order chi connectivity index (χ1) is 15.5. The Bertz CT molecular complexity index is 1160. The Labute approximate surface area is 191 Å². The smallest absolute Gasteiger partial charge is 0.226 e. The molecule has 3 aromatic rings. The van der Waals surface area contributed by atoms with Gasteiger partial charge in [-0.25, -0.2) is 4.98 Å². The molecule has 0 radical (unpaired) electrons. The average molecular weight is 452 g/mol. The van der Waals surface area contributed by atoms with E-state index in [0.29, 0.717) is 36.0 Å². The van der Waals surface area contributed by atoms with Crippen LogP contribution in [0.1, 0.15) is 24.5 Å². The van der Waals surface area contributed by atoms with Crippen LogP contribution in [0.25, 0.3) is 11.3 Å². The lowest BCUT2D eigenvalue weighted by molar-refractivity contribution is -0.117. The van der Waals surface area contributed by atoms with Crippen LogP contribution in [-0.2, 0) is 22.4 Å². The monoisotopic (exact) mass is 451 g/mol. The number of benzene rings is 2. The van der Waals surface area contributed by atoms with Crippen LogP contribution in [0.2, 0.25) is 0 Å². The lowest BCUT2D eigenvalue weighted by Gasteiger charge is -2.15. The van der Waals surface area contributed by atoms with Crippen molar-refractivity contribution in [3.63, 3.8) is 0 Å². The number of nitrogens with one attached hydrogen (secondary N) is 1. The second-order valence-corrected chi connectivity index (χ2v) is 8.40. The van der Waals surface area contributed by atoms with Crippen LogP contribution in [0.15, 0.2) is 41.8 Å². The fourth-order valence-electron chi connectivity index (χ4n) is 3.81. The highest BCUT2D eigenvalue weighted by Crippen LogP contribution is 2.34. The molecule has 0 spiro atoms. The van der Waals surface area contributed by atoms with Crippen molar-refractivity contribution in [2.24, 2.45) is 0 Å². The number of thiazole rings is 1. The van der Waals surface area contributed by atoms with Crippen molar-refractivity contribution in [3.8, 4) is 22.8 Å². The number of ether oxygens (including phenoxy) is 2. The number of carbonyl (C=O) groups excluding carboxylic acids is 2. The number of aryl methyl sites for hydroxylation is 1. The second kappa shape index (κ2) is 9.40. The number of methoxy groups -OCH3 is 2. The van der Waals surface area contributed by atoms with Gasteiger partial charge in [0.1, 0.15) is 0 Å². The third-order valence-electron chi connectivity index (χ3n) is 5.50. The maximum Gasteiger partial charge on any atom is 0.226 e. The van der Waals surface area contributed by atoms with Gasteiger partial charge in [-0.2, -0.15) is 0 Å². The standard InChI is InChI=1S/C24H25N3O4S/c1-15(28)27-11-10-17-6-7-18(13-20(17)27)19-14-32-24(25-19)26-23(29)9-5-16-4-8-21(30-2)22(12-16)31-3/h4,6-8,12-14H,5,9-11H2,1-3H3,(H,25,26,29). The number of carbonyl (C=O) groups is 2. The average Bonchev–Trinajstić information content (AvgIpc) is 3.44. The van der Waals surface area contributed by atoms with Gasteiger partial charge in [-0.05, 0) is 42.2 Å². The third kappa shape index (κ3) is 4.60. The van der Waals surface area contributed by atoms with Gasteiger partial charge in [0, 0.05) is 36.5 Å². The van der Waals surface area contributed by atoms with Crippen molar-refractivity contribution >= 4 is 34.0 Å². The minimum absolute atomic E-state index is 0.0432. The maximum absolute atomic E-state index is 12.4. The Morgan fingerprint density at radius 3 is 2.69 bits per heavy atom. The number of rotatable bonds is 7. The quantitative estimate of drug-likeness (QED) is 0.579. The van der Waals surface area contributed by atoms with Crippen LogP contribution in [-0.4, -0.2) is 37.6 Å². The van der Waals surface area contributed by atoms with Gasteiger partial charge in [-0.15, -0.1) is 11.3 Å². The molecule has 0 saturated heterocycles. The van der Waals surface area contributed by atoms with Gasteiger partial charge >= 0.3 is 0 Å². The molecule has 2 amide bonds. The summed E-state index contributed by atoms with van der Waals surface area (Å²) in [6, 6.07) is 11.7. The SMILES string of the molecule is COc1ccc(CCC(=O)Nc2nc(-c3ccc4c(c3)N(C(C)=O)CC4)cs2)cc1OC. The molecule has 0 aliphatic carbocycles. The van der Waals surface area contributed by atoms with E-state index in [1.807, 2.05) is 41.8 Å². The van der Waals surface area contributed by atoms with Crippen molar-refractivity contribution < 1.29 is 19.1 Å². The molecule has 0 fully saturated rings. The minimum Gasteiger partial charge on any atom is -0.493 e. The fourth-order valence-corrected chi connectivity index (χ4v) is 4.54. The molecule has 0 unspecified atom stereocenters. The zero-order valence-corrected chi connectivity index (χ0v) is 19.1. The van der Waals surface area contributed by atoms with Gasteiger partial charge in [0.25, 0.3) is 0 Å². The number of hydrogen-bond acceptors (Lipinski definition) is 6. The van der Waals surface area contributed by atoms with Crippen LogP contribution in [0.4, 0.5) is 10.8 Å². The molecule has 32 heavy (non-hydrogen) atoms. The molecule has 4 rings (SSSR count). The van der Waals surface area contributed by atoms with E-state index in [2.05, 4.69) is 10.3 Å². The van der Waals surface area contributed by atoms with Crippen LogP contribution in [0, 0.1) is 0 Å². The molecule has 0 saturated carbocycles. The number of fused-ring (bicyclic) bond motifs is 1. The highest BCUT2D eigenvalue weighted by molar-refractivity contribution is 7.14. The highest BCUT2D eigenvalue weighted by Gasteiger charge is 2.23. The molecule has 0 atom stereocenters. The summed E-state index contributed by atoms with van der Waals surface area (Å²) in [5.41, 5.74) is 4.82. The summed E-state index contributed by atoms with van der Waals surface area (Å²) in [5, 5.41) is 5.35. The predicted octanol–water partition coefficient (Wildman–Crippen LogP) is 4.31. The normalized spacial score (nSPS) is 12.4. The first-order valence-electron chi connectivity index (χ1n) is 10.4. The zero-order valence-electron chi connectivity index (χ0n) is 18.3. The summed E-state index contributed by atoms with van der Waals surface area (Å²) >= 11 is 1.39. The van der Waals surface area contributed by atoms with E-state index in [4.69, 9.17) is 9.47 Å². The van der Waals surface area contributed by atoms with Gasteiger partial charge in [0.15, 0.2) is 16.6 Å². The molecule has 7 nitrogen and oxygen atoms in total. The molecular formula is C24H25N3O4S. The van der Waals surface area contributed by atoms with E-state index < -0.39 is 0 Å². The Morgan fingerprint density at radius 2 is 1.94 bits per heavy atom. The van der Waals surface area contributed by atoms with Gasteiger partial charge in [-0.1, -0.05) is 18.2 Å². The van der Waals surface area contributed by atoms with E-state index in [9.17, 15) is 9.59 Å². The summed E-state index contributed by atoms with van der Waals surface area (Å²) in [7, 11) is 3.18. The van der Waals surface area contributed by atoms with E-state index in [-0.39, 0.29) is 11.8 Å². The lowest BCUT2D eigenvalue weighted by atomic mass is 10.1. The van der Waals surface area contributed by atoms with Crippen LogP contribution in [0.5, 0.6) is 11.5 Å². The Balaban J connectivity index is 1.39. The summed E-state index contributed by atoms with van der Waals surface area (Å²) < 4.78 is 10.6. The van der Waals surface area contributed by atoms with Gasteiger partial charge in [-0.3, -0.25) is 9.59 Å². The van der Waals surface area contributed by atoms with Crippen LogP contribution in [0.3, 0.4) is 0 Å². The second-order valence-electron chi connectivity index (χ2n) is 7.54. The minimum atomic E-state index is -0.0996. The molecule has 166 valence electrons. The van der Waals surface area contributed by atoms with Crippen LogP contribution >= 0.6 is 11.3 Å². The topological polar surface area (TPSA) is 80.8 Å². The van der Waals surface area contributed by atoms with Crippen molar-refractivity contribution in [1.29, 1.82) is 0 Å². The van der Waals surface area contributed by atoms with Crippen LogP contribution < -0.4 is 19.7 Å². The Kier molecular flexibility index (Phi) is 6.41. The highest BCUT2D eigenvalue weighted by atomic mass is 32.1. The summed E-state index contributed by atoms with van der Waals surface area (Å²) in [6.07, 6.45) is 1.78. The molecule has 1 aliphatic rings. The van der Waals surface area contributed by atoms with E-state index in [1.165, 1.54) is 16.9 Å². The molecule has 0 bridgehead atoms. The lowest BCUT2D eigenvalue weighted by Crippen LogP contribution is -2.25. The van der Waals surface area contributed by atoms with E-state index in [1.54, 1.807) is 26.0 Å². The number of anilines is 2. The molecule has 2 heterocycles. The summed E-state index contributed by atoms with van der Waals surface area (Å²) in [6.45, 7) is 2.30. The molecule has 1 aliphatic heterocycles. The zero-order chi connectivity index (χ0) is 22.7. The molecule has 1 aromatic heterocycles.